The summed E-state index contributed by atoms with van der Waals surface area (Å²) in [4.78, 5) is 6.75. The van der Waals surface area contributed by atoms with Crippen LogP contribution < -0.4 is 4.83 Å². The molecule has 0 fully saturated rings. The van der Waals surface area contributed by atoms with E-state index in [9.17, 15) is 8.42 Å². The van der Waals surface area contributed by atoms with Crippen molar-refractivity contribution in [1.29, 1.82) is 0 Å². The molecule has 0 radical (unpaired) electrons. The molecule has 0 aliphatic rings. The van der Waals surface area contributed by atoms with Crippen LogP contribution in [0.25, 0.3) is 10.9 Å². The second-order valence-corrected chi connectivity index (χ2v) is 6.19. The van der Waals surface area contributed by atoms with E-state index < -0.39 is 10.0 Å². The molecule has 2 aromatic heterocycles. The smallest absolute Gasteiger partial charge is 0.255 e. The molecule has 3 rings (SSSR count). The number of sulfonamides is 1. The maximum absolute atomic E-state index is 12.6. The van der Waals surface area contributed by atoms with E-state index >= 15 is 0 Å². The zero-order valence-corrected chi connectivity index (χ0v) is 12.3. The van der Waals surface area contributed by atoms with E-state index in [-0.39, 0.29) is 4.90 Å². The molecule has 0 saturated carbocycles. The minimum Gasteiger partial charge on any atom is -0.255 e. The van der Waals surface area contributed by atoms with Crippen LogP contribution in [-0.2, 0) is 10.0 Å². The quantitative estimate of drug-likeness (QED) is 0.789. The fourth-order valence-electron chi connectivity index (χ4n) is 2.06. The Bertz CT molecular complexity index is 892. The molecule has 0 spiro atoms. The Hall–Kier alpha value is -2.48. The number of aryl methyl sites for hydroxylation is 2. The van der Waals surface area contributed by atoms with Crippen molar-refractivity contribution in [2.75, 3.05) is 4.83 Å². The van der Waals surface area contributed by atoms with Gasteiger partial charge in [0.2, 0.25) is 0 Å². The van der Waals surface area contributed by atoms with Gasteiger partial charge in [0.1, 0.15) is 16.5 Å². The first-order chi connectivity index (χ1) is 9.99. The van der Waals surface area contributed by atoms with Crippen molar-refractivity contribution in [2.24, 2.45) is 0 Å². The Morgan fingerprint density at radius 1 is 1.05 bits per heavy atom. The van der Waals surface area contributed by atoms with Gasteiger partial charge in [0.25, 0.3) is 10.0 Å². The average molecular weight is 303 g/mol. The number of para-hydroxylation sites is 1. The van der Waals surface area contributed by atoms with Crippen LogP contribution in [0.2, 0.25) is 0 Å². The molecule has 108 valence electrons. The van der Waals surface area contributed by atoms with Gasteiger partial charge < -0.3 is 0 Å². The van der Waals surface area contributed by atoms with Gasteiger partial charge in [-0.1, -0.05) is 18.2 Å². The fraction of sp³-hybridized carbons (Fsp3) is 0.154. The lowest BCUT2D eigenvalue weighted by molar-refractivity contribution is 0.594. The third kappa shape index (κ3) is 2.33. The molecule has 8 heteroatoms. The van der Waals surface area contributed by atoms with Gasteiger partial charge in [-0.2, -0.15) is 8.42 Å². The van der Waals surface area contributed by atoms with Crippen LogP contribution in [0.4, 0.5) is 0 Å². The van der Waals surface area contributed by atoms with Crippen LogP contribution in [0.1, 0.15) is 11.6 Å². The standard InChI is InChI=1S/C13H13N5O2S/c1-9-15-16-10(2)18(9)17-21(19,20)12-7-3-5-11-6-4-8-14-13(11)12/h3-8,17H,1-2H3. The molecule has 21 heavy (non-hydrogen) atoms. The van der Waals surface area contributed by atoms with E-state index in [2.05, 4.69) is 20.0 Å². The molecule has 0 bridgehead atoms. The number of rotatable bonds is 3. The predicted molar refractivity (Wildman–Crippen MR) is 77.8 cm³/mol. The molecule has 1 N–H and O–H groups in total. The van der Waals surface area contributed by atoms with Crippen molar-refractivity contribution in [3.63, 3.8) is 0 Å². The normalized spacial score (nSPS) is 11.7. The van der Waals surface area contributed by atoms with Gasteiger partial charge in [-0.3, -0.25) is 4.98 Å². The number of hydrogen-bond donors (Lipinski definition) is 1. The van der Waals surface area contributed by atoms with Gasteiger partial charge >= 0.3 is 0 Å². The van der Waals surface area contributed by atoms with E-state index in [1.54, 1.807) is 32.2 Å². The van der Waals surface area contributed by atoms with E-state index in [4.69, 9.17) is 0 Å². The van der Waals surface area contributed by atoms with Crippen LogP contribution in [0.5, 0.6) is 0 Å². The van der Waals surface area contributed by atoms with Crippen LogP contribution >= 0.6 is 0 Å². The predicted octanol–water partition coefficient (Wildman–Crippen LogP) is 1.38. The highest BCUT2D eigenvalue weighted by Crippen LogP contribution is 2.21. The zero-order chi connectivity index (χ0) is 15.0. The molecular formula is C13H13N5O2S. The molecule has 1 aromatic carbocycles. The third-order valence-corrected chi connectivity index (χ3v) is 4.41. The molecule has 3 aromatic rings. The highest BCUT2D eigenvalue weighted by atomic mass is 32.2. The number of fused-ring (bicyclic) bond motifs is 1. The maximum Gasteiger partial charge on any atom is 0.277 e. The lowest BCUT2D eigenvalue weighted by Gasteiger charge is -2.12. The van der Waals surface area contributed by atoms with E-state index in [1.807, 2.05) is 12.1 Å². The Morgan fingerprint density at radius 3 is 2.43 bits per heavy atom. The summed E-state index contributed by atoms with van der Waals surface area (Å²) in [5.41, 5.74) is 0.427. The number of nitrogens with zero attached hydrogens (tertiary/aromatic N) is 4. The molecular weight excluding hydrogens is 290 g/mol. The monoisotopic (exact) mass is 303 g/mol. The second-order valence-electron chi connectivity index (χ2n) is 4.56. The number of aromatic nitrogens is 4. The van der Waals surface area contributed by atoms with Gasteiger partial charge in [0.05, 0.1) is 5.52 Å². The first kappa shape index (κ1) is 13.5. The number of nitrogens with one attached hydrogen (secondary N) is 1. The van der Waals surface area contributed by atoms with Gasteiger partial charge in [0.15, 0.2) is 0 Å². The lowest BCUT2D eigenvalue weighted by atomic mass is 10.2. The number of hydrogen-bond acceptors (Lipinski definition) is 5. The summed E-state index contributed by atoms with van der Waals surface area (Å²) in [6, 6.07) is 8.60. The maximum atomic E-state index is 12.6. The molecule has 0 aliphatic carbocycles. The number of benzene rings is 1. The van der Waals surface area contributed by atoms with Crippen LogP contribution in [-0.4, -0.2) is 28.3 Å². The minimum absolute atomic E-state index is 0.119. The van der Waals surface area contributed by atoms with Gasteiger partial charge in [-0.25, -0.2) is 9.51 Å². The van der Waals surface area contributed by atoms with Gasteiger partial charge in [0, 0.05) is 11.6 Å². The van der Waals surface area contributed by atoms with E-state index in [0.29, 0.717) is 17.2 Å². The average Bonchev–Trinajstić information content (AvgIpc) is 2.78. The molecule has 7 nitrogen and oxygen atoms in total. The summed E-state index contributed by atoms with van der Waals surface area (Å²) in [6.07, 6.45) is 1.57. The lowest BCUT2D eigenvalue weighted by Crippen LogP contribution is -2.25. The van der Waals surface area contributed by atoms with E-state index in [0.717, 1.165) is 5.39 Å². The summed E-state index contributed by atoms with van der Waals surface area (Å²) in [6.45, 7) is 3.34. The topological polar surface area (TPSA) is 89.8 Å². The minimum atomic E-state index is -3.78. The van der Waals surface area contributed by atoms with Crippen molar-refractivity contribution in [2.45, 2.75) is 18.7 Å². The fourth-order valence-corrected chi connectivity index (χ4v) is 3.35. The highest BCUT2D eigenvalue weighted by Gasteiger charge is 2.20. The molecule has 0 amide bonds. The Kier molecular flexibility index (Phi) is 3.09. The summed E-state index contributed by atoms with van der Waals surface area (Å²) >= 11 is 0. The van der Waals surface area contributed by atoms with Crippen molar-refractivity contribution in [3.8, 4) is 0 Å². The number of pyridine rings is 1. The zero-order valence-electron chi connectivity index (χ0n) is 11.5. The van der Waals surface area contributed by atoms with Crippen molar-refractivity contribution in [3.05, 3.63) is 48.2 Å². The Balaban J connectivity index is 2.13. The van der Waals surface area contributed by atoms with Crippen molar-refractivity contribution in [1.82, 2.24) is 19.9 Å². The Labute approximate surface area is 121 Å². The summed E-state index contributed by atoms with van der Waals surface area (Å²) in [7, 11) is -3.78. The van der Waals surface area contributed by atoms with E-state index in [1.165, 1.54) is 10.7 Å². The van der Waals surface area contributed by atoms with Crippen LogP contribution in [0.3, 0.4) is 0 Å². The van der Waals surface area contributed by atoms with Crippen LogP contribution in [0.15, 0.2) is 41.4 Å². The SMILES string of the molecule is Cc1nnc(C)n1NS(=O)(=O)c1cccc2cccnc12. The summed E-state index contributed by atoms with van der Waals surface area (Å²) in [5.74, 6) is 0.925. The van der Waals surface area contributed by atoms with Crippen molar-refractivity contribution >= 4 is 20.9 Å². The summed E-state index contributed by atoms with van der Waals surface area (Å²) < 4.78 is 26.5. The first-order valence-corrected chi connectivity index (χ1v) is 7.72. The van der Waals surface area contributed by atoms with Gasteiger partial charge in [-0.15, -0.1) is 10.2 Å². The second kappa shape index (κ2) is 4.81. The molecule has 0 saturated heterocycles. The van der Waals surface area contributed by atoms with Crippen LogP contribution in [0, 0.1) is 13.8 Å². The Morgan fingerprint density at radius 2 is 1.71 bits per heavy atom. The largest absolute Gasteiger partial charge is 0.277 e. The highest BCUT2D eigenvalue weighted by molar-refractivity contribution is 7.92. The molecule has 0 unspecified atom stereocenters. The summed E-state index contributed by atoms with van der Waals surface area (Å²) in [5, 5.41) is 8.42. The first-order valence-electron chi connectivity index (χ1n) is 6.24. The molecule has 2 heterocycles. The third-order valence-electron chi connectivity index (χ3n) is 3.08. The van der Waals surface area contributed by atoms with Crippen molar-refractivity contribution < 1.29 is 8.42 Å². The molecule has 0 atom stereocenters. The molecule has 0 aliphatic heterocycles. The van der Waals surface area contributed by atoms with Gasteiger partial charge in [-0.05, 0) is 26.0 Å².